The molecule has 0 amide bonds. The van der Waals surface area contributed by atoms with Crippen LogP contribution in [0.25, 0.3) is 0 Å². The summed E-state index contributed by atoms with van der Waals surface area (Å²) in [6, 6.07) is 0.728. The van der Waals surface area contributed by atoms with Crippen LogP contribution in [0.1, 0.15) is 12.1 Å². The van der Waals surface area contributed by atoms with Crippen LogP contribution in [0.15, 0.2) is 17.1 Å². The molecule has 3 heterocycles. The minimum absolute atomic E-state index is 0. The summed E-state index contributed by atoms with van der Waals surface area (Å²) in [5, 5.41) is 3.45. The second-order valence-corrected chi connectivity index (χ2v) is 4.22. The number of fused-ring (bicyclic) bond motifs is 1. The Morgan fingerprint density at radius 1 is 1.53 bits per heavy atom. The van der Waals surface area contributed by atoms with E-state index >= 15 is 0 Å². The van der Waals surface area contributed by atoms with Crippen LogP contribution in [0.5, 0.6) is 0 Å². The molecule has 0 bridgehead atoms. The molecule has 5 heteroatoms. The third kappa shape index (κ3) is 2.02. The smallest absolute Gasteiger partial charge is 0.180 e. The average molecular weight is 230 g/mol. The summed E-state index contributed by atoms with van der Waals surface area (Å²) in [5.41, 5.74) is 1.05. The van der Waals surface area contributed by atoms with Crippen LogP contribution in [0.4, 0.5) is 0 Å². The first-order chi connectivity index (χ1) is 6.93. The van der Waals surface area contributed by atoms with Crippen LogP contribution in [0.2, 0.25) is 0 Å². The fourth-order valence-electron chi connectivity index (χ4n) is 2.66. The number of likely N-dealkylation sites (tertiary alicyclic amines) is 1. The van der Waals surface area contributed by atoms with Gasteiger partial charge in [0.15, 0.2) is 6.39 Å². The van der Waals surface area contributed by atoms with Crippen LogP contribution >= 0.6 is 12.4 Å². The molecule has 0 aliphatic carbocycles. The van der Waals surface area contributed by atoms with Crippen LogP contribution in [-0.4, -0.2) is 35.6 Å². The normalized spacial score (nSPS) is 30.1. The van der Waals surface area contributed by atoms with Gasteiger partial charge in [-0.1, -0.05) is 0 Å². The van der Waals surface area contributed by atoms with Gasteiger partial charge < -0.3 is 9.73 Å². The molecule has 1 aromatic heterocycles. The predicted molar refractivity (Wildman–Crippen MR) is 58.9 cm³/mol. The van der Waals surface area contributed by atoms with Crippen LogP contribution < -0.4 is 5.32 Å². The summed E-state index contributed by atoms with van der Waals surface area (Å²) in [4.78, 5) is 6.68. The maximum Gasteiger partial charge on any atom is 0.180 e. The fraction of sp³-hybridized carbons (Fsp3) is 0.700. The Morgan fingerprint density at radius 3 is 3.27 bits per heavy atom. The SMILES string of the molecule is Cl.c1nc(CN2CC[C@H]3CNC[C@H]32)co1. The lowest BCUT2D eigenvalue weighted by molar-refractivity contribution is 0.241. The van der Waals surface area contributed by atoms with Gasteiger partial charge in [0.1, 0.15) is 6.26 Å². The molecule has 84 valence electrons. The summed E-state index contributed by atoms with van der Waals surface area (Å²) >= 11 is 0. The Kier molecular flexibility index (Phi) is 3.29. The molecule has 3 rings (SSSR count). The molecule has 2 fully saturated rings. The number of rotatable bonds is 2. The van der Waals surface area contributed by atoms with Crippen molar-refractivity contribution in [1.82, 2.24) is 15.2 Å². The summed E-state index contributed by atoms with van der Waals surface area (Å²) in [7, 11) is 0. The third-order valence-corrected chi connectivity index (χ3v) is 3.41. The minimum Gasteiger partial charge on any atom is -0.451 e. The van der Waals surface area contributed by atoms with Crippen molar-refractivity contribution in [2.45, 2.75) is 19.0 Å². The van der Waals surface area contributed by atoms with Crippen molar-refractivity contribution in [3.8, 4) is 0 Å². The van der Waals surface area contributed by atoms with E-state index < -0.39 is 0 Å². The van der Waals surface area contributed by atoms with Crippen molar-refractivity contribution in [1.29, 1.82) is 0 Å². The molecule has 0 saturated carbocycles. The molecule has 2 aliphatic heterocycles. The maximum absolute atomic E-state index is 4.98. The zero-order chi connectivity index (χ0) is 9.38. The Morgan fingerprint density at radius 2 is 2.47 bits per heavy atom. The molecular formula is C10H16ClN3O. The standard InChI is InChI=1S/C10H15N3O.ClH/c1-2-13(5-9-6-14-7-12-9)10-4-11-3-8(1)10;/h6-8,10-11H,1-5H2;1H/t8-,10+;/m0./s1. The Bertz CT molecular complexity index is 304. The van der Waals surface area contributed by atoms with Gasteiger partial charge in [-0.05, 0) is 25.4 Å². The number of nitrogens with zero attached hydrogens (tertiary/aromatic N) is 2. The number of oxazole rings is 1. The van der Waals surface area contributed by atoms with Crippen LogP contribution in [0, 0.1) is 5.92 Å². The molecule has 1 N–H and O–H groups in total. The second kappa shape index (κ2) is 4.51. The molecule has 0 unspecified atom stereocenters. The van der Waals surface area contributed by atoms with Crippen molar-refractivity contribution in [2.24, 2.45) is 5.92 Å². The van der Waals surface area contributed by atoms with E-state index in [4.69, 9.17) is 4.42 Å². The predicted octanol–water partition coefficient (Wildman–Crippen LogP) is 0.890. The van der Waals surface area contributed by atoms with Gasteiger partial charge in [0.25, 0.3) is 0 Å². The summed E-state index contributed by atoms with van der Waals surface area (Å²) < 4.78 is 4.98. The van der Waals surface area contributed by atoms with Crippen LogP contribution in [-0.2, 0) is 6.54 Å². The number of hydrogen-bond acceptors (Lipinski definition) is 4. The molecule has 2 saturated heterocycles. The van der Waals surface area contributed by atoms with E-state index in [-0.39, 0.29) is 12.4 Å². The first-order valence-electron chi connectivity index (χ1n) is 5.25. The fourth-order valence-corrected chi connectivity index (χ4v) is 2.66. The highest BCUT2D eigenvalue weighted by Gasteiger charge is 2.37. The lowest BCUT2D eigenvalue weighted by Gasteiger charge is -2.21. The topological polar surface area (TPSA) is 41.3 Å². The largest absolute Gasteiger partial charge is 0.451 e. The van der Waals surface area contributed by atoms with E-state index in [0.29, 0.717) is 0 Å². The van der Waals surface area contributed by atoms with E-state index in [1.807, 2.05) is 0 Å². The monoisotopic (exact) mass is 229 g/mol. The van der Waals surface area contributed by atoms with Gasteiger partial charge >= 0.3 is 0 Å². The van der Waals surface area contributed by atoms with Gasteiger partial charge in [-0.2, -0.15) is 0 Å². The van der Waals surface area contributed by atoms with E-state index in [2.05, 4.69) is 15.2 Å². The Balaban J connectivity index is 0.000000853. The van der Waals surface area contributed by atoms with E-state index in [0.717, 1.165) is 30.7 Å². The first-order valence-corrected chi connectivity index (χ1v) is 5.25. The van der Waals surface area contributed by atoms with Crippen LogP contribution in [0.3, 0.4) is 0 Å². The zero-order valence-corrected chi connectivity index (χ0v) is 9.37. The first kappa shape index (κ1) is 10.9. The van der Waals surface area contributed by atoms with Crippen molar-refractivity contribution in [3.63, 3.8) is 0 Å². The Hall–Kier alpha value is -0.580. The number of nitrogens with one attached hydrogen (secondary N) is 1. The molecule has 15 heavy (non-hydrogen) atoms. The molecule has 0 radical (unpaired) electrons. The van der Waals surface area contributed by atoms with Crippen molar-refractivity contribution >= 4 is 12.4 Å². The van der Waals surface area contributed by atoms with Gasteiger partial charge in [-0.3, -0.25) is 4.90 Å². The molecule has 2 atom stereocenters. The third-order valence-electron chi connectivity index (χ3n) is 3.41. The van der Waals surface area contributed by atoms with E-state index in [1.54, 1.807) is 6.26 Å². The highest BCUT2D eigenvalue weighted by Crippen LogP contribution is 2.27. The number of hydrogen-bond donors (Lipinski definition) is 1. The van der Waals surface area contributed by atoms with E-state index in [9.17, 15) is 0 Å². The highest BCUT2D eigenvalue weighted by atomic mass is 35.5. The highest BCUT2D eigenvalue weighted by molar-refractivity contribution is 5.85. The maximum atomic E-state index is 4.98. The quantitative estimate of drug-likeness (QED) is 0.818. The van der Waals surface area contributed by atoms with Gasteiger partial charge in [0.2, 0.25) is 0 Å². The lowest BCUT2D eigenvalue weighted by Crippen LogP contribution is -2.33. The molecule has 0 spiro atoms. The molecule has 0 aromatic carbocycles. The molecular weight excluding hydrogens is 214 g/mol. The van der Waals surface area contributed by atoms with E-state index in [1.165, 1.54) is 25.9 Å². The van der Waals surface area contributed by atoms with Crippen molar-refractivity contribution < 1.29 is 4.42 Å². The number of halogens is 1. The minimum atomic E-state index is 0. The molecule has 4 nitrogen and oxygen atoms in total. The molecule has 2 aliphatic rings. The molecule has 1 aromatic rings. The second-order valence-electron chi connectivity index (χ2n) is 4.22. The summed E-state index contributed by atoms with van der Waals surface area (Å²) in [6.45, 7) is 4.49. The van der Waals surface area contributed by atoms with Gasteiger partial charge in [-0.25, -0.2) is 4.98 Å². The number of aromatic nitrogens is 1. The average Bonchev–Trinajstić information content (AvgIpc) is 2.85. The summed E-state index contributed by atoms with van der Waals surface area (Å²) in [5.74, 6) is 0.863. The lowest BCUT2D eigenvalue weighted by atomic mass is 10.1. The van der Waals surface area contributed by atoms with Gasteiger partial charge in [0, 0.05) is 19.1 Å². The van der Waals surface area contributed by atoms with Gasteiger partial charge in [0.05, 0.1) is 5.69 Å². The zero-order valence-electron chi connectivity index (χ0n) is 8.56. The van der Waals surface area contributed by atoms with Crippen molar-refractivity contribution in [2.75, 3.05) is 19.6 Å². The van der Waals surface area contributed by atoms with Crippen molar-refractivity contribution in [3.05, 3.63) is 18.4 Å². The Labute approximate surface area is 95.5 Å². The summed E-state index contributed by atoms with van der Waals surface area (Å²) in [6.07, 6.45) is 4.58. The van der Waals surface area contributed by atoms with Gasteiger partial charge in [-0.15, -0.1) is 12.4 Å².